The number of unbranched alkanes of at least 4 members (excludes halogenated alkanes) is 2. The summed E-state index contributed by atoms with van der Waals surface area (Å²) >= 11 is 0. The van der Waals surface area contributed by atoms with Gasteiger partial charge in [0.2, 0.25) is 0 Å². The molecule has 0 fully saturated rings. The predicted octanol–water partition coefficient (Wildman–Crippen LogP) is 2.23. The Hall–Kier alpha value is -1.75. The van der Waals surface area contributed by atoms with Gasteiger partial charge in [-0.15, -0.1) is 0 Å². The molecule has 0 radical (unpaired) electrons. The zero-order chi connectivity index (χ0) is 15.7. The molecule has 0 aromatic heterocycles. The van der Waals surface area contributed by atoms with Gasteiger partial charge in [0.25, 0.3) is 5.91 Å². The minimum Gasteiger partial charge on any atom is -0.497 e. The van der Waals surface area contributed by atoms with E-state index in [1.807, 2.05) is 12.1 Å². The van der Waals surface area contributed by atoms with Crippen molar-refractivity contribution in [3.63, 3.8) is 0 Å². The number of ether oxygens (including phenoxy) is 2. The van der Waals surface area contributed by atoms with Gasteiger partial charge in [0.1, 0.15) is 11.5 Å². The second-order valence-corrected chi connectivity index (χ2v) is 4.94. The lowest BCUT2D eigenvalue weighted by Gasteiger charge is -2.17. The Kier molecular flexibility index (Phi) is 7.61. The van der Waals surface area contributed by atoms with Crippen molar-refractivity contribution < 1.29 is 14.3 Å². The third kappa shape index (κ3) is 5.63. The van der Waals surface area contributed by atoms with Gasteiger partial charge in [0, 0.05) is 24.7 Å². The molecule has 0 aliphatic heterocycles. The summed E-state index contributed by atoms with van der Waals surface area (Å²) in [7, 11) is 1.59. The Bertz CT molecular complexity index is 449. The van der Waals surface area contributed by atoms with Crippen LogP contribution in [-0.4, -0.2) is 25.7 Å². The van der Waals surface area contributed by atoms with Gasteiger partial charge in [-0.1, -0.05) is 25.8 Å². The first-order chi connectivity index (χ1) is 10.1. The van der Waals surface area contributed by atoms with Crippen LogP contribution in [-0.2, 0) is 11.3 Å². The number of amides is 1. The second-order valence-electron chi connectivity index (χ2n) is 4.94. The van der Waals surface area contributed by atoms with Crippen molar-refractivity contribution in [2.24, 2.45) is 5.73 Å². The molecule has 5 heteroatoms. The average Bonchev–Trinajstić information content (AvgIpc) is 2.51. The van der Waals surface area contributed by atoms with E-state index in [1.54, 1.807) is 20.1 Å². The standard InChI is InChI=1S/C16H26N2O3/c1-4-5-6-9-18-16(19)12(2)21-15-10-14(20-3)8-7-13(15)11-17/h7-8,10,12H,4-6,9,11,17H2,1-3H3,(H,18,19). The summed E-state index contributed by atoms with van der Waals surface area (Å²) in [6, 6.07) is 5.42. The summed E-state index contributed by atoms with van der Waals surface area (Å²) in [4.78, 5) is 12.0. The maximum Gasteiger partial charge on any atom is 0.260 e. The number of rotatable bonds is 9. The summed E-state index contributed by atoms with van der Waals surface area (Å²) < 4.78 is 10.9. The Morgan fingerprint density at radius 3 is 2.76 bits per heavy atom. The minimum atomic E-state index is -0.566. The largest absolute Gasteiger partial charge is 0.497 e. The third-order valence-electron chi connectivity index (χ3n) is 3.25. The molecule has 1 aromatic carbocycles. The van der Waals surface area contributed by atoms with E-state index < -0.39 is 6.10 Å². The maximum atomic E-state index is 12.0. The van der Waals surface area contributed by atoms with Gasteiger partial charge in [0.05, 0.1) is 7.11 Å². The Morgan fingerprint density at radius 2 is 2.14 bits per heavy atom. The Balaban J connectivity index is 2.60. The van der Waals surface area contributed by atoms with E-state index >= 15 is 0 Å². The van der Waals surface area contributed by atoms with Gasteiger partial charge in [-0.05, 0) is 19.4 Å². The fourth-order valence-corrected chi connectivity index (χ4v) is 1.91. The van der Waals surface area contributed by atoms with Gasteiger partial charge in [0.15, 0.2) is 6.10 Å². The molecule has 118 valence electrons. The molecule has 3 N–H and O–H groups in total. The summed E-state index contributed by atoms with van der Waals surface area (Å²) in [6.07, 6.45) is 2.67. The quantitative estimate of drug-likeness (QED) is 0.685. The molecule has 0 heterocycles. The molecule has 0 aliphatic rings. The van der Waals surface area contributed by atoms with E-state index in [9.17, 15) is 4.79 Å². The van der Waals surface area contributed by atoms with Crippen LogP contribution < -0.4 is 20.5 Å². The van der Waals surface area contributed by atoms with E-state index in [1.165, 1.54) is 0 Å². The number of hydrogen-bond acceptors (Lipinski definition) is 4. The highest BCUT2D eigenvalue weighted by Gasteiger charge is 2.16. The van der Waals surface area contributed by atoms with Crippen LogP contribution in [0.4, 0.5) is 0 Å². The summed E-state index contributed by atoms with van der Waals surface area (Å²) in [5, 5.41) is 2.88. The molecule has 1 atom stereocenters. The topological polar surface area (TPSA) is 73.6 Å². The molecule has 1 aromatic rings. The maximum absolute atomic E-state index is 12.0. The molecule has 21 heavy (non-hydrogen) atoms. The third-order valence-corrected chi connectivity index (χ3v) is 3.25. The highest BCUT2D eigenvalue weighted by Crippen LogP contribution is 2.25. The van der Waals surface area contributed by atoms with E-state index in [0.717, 1.165) is 24.8 Å². The van der Waals surface area contributed by atoms with Crippen LogP contribution in [0.3, 0.4) is 0 Å². The van der Waals surface area contributed by atoms with Crippen LogP contribution in [0.5, 0.6) is 11.5 Å². The Morgan fingerprint density at radius 1 is 1.38 bits per heavy atom. The van der Waals surface area contributed by atoms with Crippen LogP contribution >= 0.6 is 0 Å². The fraction of sp³-hybridized carbons (Fsp3) is 0.562. The van der Waals surface area contributed by atoms with Crippen LogP contribution in [0.25, 0.3) is 0 Å². The van der Waals surface area contributed by atoms with Gasteiger partial charge >= 0.3 is 0 Å². The number of hydrogen-bond donors (Lipinski definition) is 2. The van der Waals surface area contributed by atoms with Crippen LogP contribution in [0.2, 0.25) is 0 Å². The first-order valence-corrected chi connectivity index (χ1v) is 7.43. The van der Waals surface area contributed by atoms with E-state index in [0.29, 0.717) is 24.6 Å². The summed E-state index contributed by atoms with van der Waals surface area (Å²) in [5.74, 6) is 1.16. The molecule has 1 rings (SSSR count). The molecule has 0 bridgehead atoms. The molecule has 0 aliphatic carbocycles. The smallest absolute Gasteiger partial charge is 0.260 e. The SMILES string of the molecule is CCCCCNC(=O)C(C)Oc1cc(OC)ccc1CN. The molecule has 1 amide bonds. The van der Waals surface area contributed by atoms with Crippen molar-refractivity contribution in [3.05, 3.63) is 23.8 Å². The van der Waals surface area contributed by atoms with Gasteiger partial charge in [-0.25, -0.2) is 0 Å². The average molecular weight is 294 g/mol. The van der Waals surface area contributed by atoms with Crippen molar-refractivity contribution in [1.29, 1.82) is 0 Å². The highest BCUT2D eigenvalue weighted by atomic mass is 16.5. The zero-order valence-electron chi connectivity index (χ0n) is 13.1. The summed E-state index contributed by atoms with van der Waals surface area (Å²) in [5.41, 5.74) is 6.53. The van der Waals surface area contributed by atoms with Gasteiger partial charge in [-0.3, -0.25) is 4.79 Å². The first-order valence-electron chi connectivity index (χ1n) is 7.43. The van der Waals surface area contributed by atoms with Crippen LogP contribution in [0.1, 0.15) is 38.7 Å². The van der Waals surface area contributed by atoms with Crippen molar-refractivity contribution >= 4 is 5.91 Å². The number of benzene rings is 1. The highest BCUT2D eigenvalue weighted by molar-refractivity contribution is 5.80. The monoisotopic (exact) mass is 294 g/mol. The molecule has 5 nitrogen and oxygen atoms in total. The number of carbonyl (C=O) groups is 1. The number of carbonyl (C=O) groups excluding carboxylic acids is 1. The van der Waals surface area contributed by atoms with Crippen molar-refractivity contribution in [2.75, 3.05) is 13.7 Å². The van der Waals surface area contributed by atoms with E-state index in [4.69, 9.17) is 15.2 Å². The molecule has 0 saturated heterocycles. The van der Waals surface area contributed by atoms with E-state index in [2.05, 4.69) is 12.2 Å². The molecule has 0 spiro atoms. The van der Waals surface area contributed by atoms with Crippen molar-refractivity contribution in [3.8, 4) is 11.5 Å². The predicted molar refractivity (Wildman–Crippen MR) is 83.5 cm³/mol. The van der Waals surface area contributed by atoms with Crippen LogP contribution in [0, 0.1) is 0 Å². The number of methoxy groups -OCH3 is 1. The van der Waals surface area contributed by atoms with Gasteiger partial charge < -0.3 is 20.5 Å². The van der Waals surface area contributed by atoms with Crippen molar-refractivity contribution in [2.45, 2.75) is 45.8 Å². The van der Waals surface area contributed by atoms with Crippen molar-refractivity contribution in [1.82, 2.24) is 5.32 Å². The molecular formula is C16H26N2O3. The lowest BCUT2D eigenvalue weighted by atomic mass is 10.2. The Labute approximate surface area is 126 Å². The number of nitrogens with one attached hydrogen (secondary N) is 1. The summed E-state index contributed by atoms with van der Waals surface area (Å²) in [6.45, 7) is 4.89. The normalized spacial score (nSPS) is 11.8. The zero-order valence-corrected chi connectivity index (χ0v) is 13.1. The second kappa shape index (κ2) is 9.23. The number of nitrogens with two attached hydrogens (primary N) is 1. The lowest BCUT2D eigenvalue weighted by Crippen LogP contribution is -2.37. The molecular weight excluding hydrogens is 268 g/mol. The fourth-order valence-electron chi connectivity index (χ4n) is 1.91. The molecule has 0 saturated carbocycles. The van der Waals surface area contributed by atoms with Crippen LogP contribution in [0.15, 0.2) is 18.2 Å². The minimum absolute atomic E-state index is 0.114. The first kappa shape index (κ1) is 17.3. The molecule has 1 unspecified atom stereocenters. The van der Waals surface area contributed by atoms with Gasteiger partial charge in [-0.2, -0.15) is 0 Å². The van der Waals surface area contributed by atoms with E-state index in [-0.39, 0.29) is 5.91 Å². The lowest BCUT2D eigenvalue weighted by molar-refractivity contribution is -0.127.